The summed E-state index contributed by atoms with van der Waals surface area (Å²) in [5, 5.41) is 9.13. The number of imide groups is 1. The lowest BCUT2D eigenvalue weighted by Gasteiger charge is -2.19. The Labute approximate surface area is 118 Å². The first-order chi connectivity index (χ1) is 9.96. The van der Waals surface area contributed by atoms with Crippen LogP contribution in [0.15, 0.2) is 48.5 Å². The number of halogens is 2. The molecule has 0 aromatic heterocycles. The van der Waals surface area contributed by atoms with Crippen LogP contribution in [0.25, 0.3) is 0 Å². The molecule has 0 fully saturated rings. The zero-order valence-electron chi connectivity index (χ0n) is 10.6. The summed E-state index contributed by atoms with van der Waals surface area (Å²) in [6, 6.07) is 10.0. The lowest BCUT2D eigenvalue weighted by Crippen LogP contribution is -2.40. The van der Waals surface area contributed by atoms with E-state index < -0.39 is 23.5 Å². The molecule has 0 unspecified atom stereocenters. The monoisotopic (exact) mass is 289 g/mol. The number of hydrogen-bond donors (Lipinski definition) is 1. The summed E-state index contributed by atoms with van der Waals surface area (Å²) in [6.45, 7) is 0. The molecule has 0 aliphatic carbocycles. The third kappa shape index (κ3) is 1.72. The van der Waals surface area contributed by atoms with Gasteiger partial charge in [-0.3, -0.25) is 4.79 Å². The fourth-order valence-electron chi connectivity index (χ4n) is 2.49. The summed E-state index contributed by atoms with van der Waals surface area (Å²) in [6.07, 6.45) is -1.56. The Bertz CT molecular complexity index is 745. The Balaban J connectivity index is 2.25. The van der Waals surface area contributed by atoms with Crippen molar-refractivity contribution < 1.29 is 23.5 Å². The lowest BCUT2D eigenvalue weighted by atomic mass is 9.89. The second-order valence-electron chi connectivity index (χ2n) is 4.61. The number of carbonyl (C=O) groups excluding carboxylic acids is 1. The zero-order valence-corrected chi connectivity index (χ0v) is 10.6. The van der Waals surface area contributed by atoms with Crippen molar-refractivity contribution in [3.63, 3.8) is 0 Å². The molecule has 4 nitrogen and oxygen atoms in total. The van der Waals surface area contributed by atoms with Gasteiger partial charge in [-0.1, -0.05) is 30.3 Å². The van der Waals surface area contributed by atoms with Crippen molar-refractivity contribution in [3.8, 4) is 0 Å². The third-order valence-electron chi connectivity index (χ3n) is 3.45. The Kier molecular flexibility index (Phi) is 2.76. The van der Waals surface area contributed by atoms with Crippen LogP contribution in [-0.2, 0) is 10.5 Å². The van der Waals surface area contributed by atoms with E-state index in [2.05, 4.69) is 0 Å². The molecule has 0 radical (unpaired) electrons. The summed E-state index contributed by atoms with van der Waals surface area (Å²) < 4.78 is 28.4. The third-order valence-corrected chi connectivity index (χ3v) is 3.45. The van der Waals surface area contributed by atoms with Crippen molar-refractivity contribution in [1.82, 2.24) is 0 Å². The van der Waals surface area contributed by atoms with Gasteiger partial charge < -0.3 is 5.11 Å². The van der Waals surface area contributed by atoms with Gasteiger partial charge in [0.2, 0.25) is 5.67 Å². The van der Waals surface area contributed by atoms with E-state index >= 15 is 4.39 Å². The standard InChI is InChI=1S/C15H9F2NO3/c16-10-7-5-9(6-8-10)15(17)11-3-1-2-4-12(11)18(13(15)19)14(20)21/h1-8H,(H,20,21)/t15-/m0/s1. The van der Waals surface area contributed by atoms with Crippen LogP contribution in [-0.4, -0.2) is 17.1 Å². The van der Waals surface area contributed by atoms with E-state index in [4.69, 9.17) is 5.11 Å². The molecule has 1 aliphatic rings. The first kappa shape index (κ1) is 13.2. The summed E-state index contributed by atoms with van der Waals surface area (Å²) in [5.74, 6) is -1.79. The highest BCUT2D eigenvalue weighted by Gasteiger charge is 2.55. The number of carboxylic acid groups (broad SMARTS) is 1. The Morgan fingerprint density at radius 3 is 2.33 bits per heavy atom. The van der Waals surface area contributed by atoms with Gasteiger partial charge in [-0.2, -0.15) is 0 Å². The number of anilines is 1. The van der Waals surface area contributed by atoms with Gasteiger partial charge in [-0.25, -0.2) is 18.5 Å². The molecule has 106 valence electrons. The van der Waals surface area contributed by atoms with E-state index in [0.717, 1.165) is 24.3 Å². The highest BCUT2D eigenvalue weighted by atomic mass is 19.1. The molecule has 6 heteroatoms. The molecule has 2 amide bonds. The predicted octanol–water partition coefficient (Wildman–Crippen LogP) is 3.06. The molecule has 1 aliphatic heterocycles. The SMILES string of the molecule is O=C(O)N1C(=O)[C@](F)(c2ccc(F)cc2)c2ccccc21. The summed E-state index contributed by atoms with van der Waals surface area (Å²) in [5.41, 5.74) is -2.83. The van der Waals surface area contributed by atoms with Crippen molar-refractivity contribution in [3.05, 3.63) is 65.5 Å². The summed E-state index contributed by atoms with van der Waals surface area (Å²) >= 11 is 0. The van der Waals surface area contributed by atoms with Gasteiger partial charge in [0.1, 0.15) is 5.82 Å². The number of nitrogens with zero attached hydrogens (tertiary/aromatic N) is 1. The first-order valence-corrected chi connectivity index (χ1v) is 6.08. The molecular formula is C15H9F2NO3. The van der Waals surface area contributed by atoms with E-state index in [-0.39, 0.29) is 16.8 Å². The fraction of sp³-hybridized carbons (Fsp3) is 0.0667. The summed E-state index contributed by atoms with van der Waals surface area (Å²) in [7, 11) is 0. The van der Waals surface area contributed by atoms with Crippen LogP contribution in [0.1, 0.15) is 11.1 Å². The first-order valence-electron chi connectivity index (χ1n) is 6.08. The molecule has 21 heavy (non-hydrogen) atoms. The molecule has 0 spiro atoms. The van der Waals surface area contributed by atoms with Crippen LogP contribution in [0.3, 0.4) is 0 Å². The molecule has 3 rings (SSSR count). The number of carbonyl (C=O) groups is 2. The fourth-order valence-corrected chi connectivity index (χ4v) is 2.49. The van der Waals surface area contributed by atoms with Gasteiger partial charge in [0.05, 0.1) is 5.69 Å². The number of hydrogen-bond acceptors (Lipinski definition) is 2. The molecule has 1 atom stereocenters. The average Bonchev–Trinajstić information content (AvgIpc) is 2.70. The minimum Gasteiger partial charge on any atom is -0.464 e. The number of fused-ring (bicyclic) bond motifs is 1. The molecule has 0 saturated carbocycles. The molecule has 1 heterocycles. The van der Waals surface area contributed by atoms with Crippen molar-refractivity contribution in [2.75, 3.05) is 4.90 Å². The van der Waals surface area contributed by atoms with Crippen molar-refractivity contribution in [2.45, 2.75) is 5.67 Å². The quantitative estimate of drug-likeness (QED) is 0.877. The van der Waals surface area contributed by atoms with Gasteiger partial charge in [-0.05, 0) is 18.2 Å². The average molecular weight is 289 g/mol. The molecule has 2 aromatic carbocycles. The van der Waals surface area contributed by atoms with Gasteiger partial charge in [0, 0.05) is 11.1 Å². The second kappa shape index (κ2) is 4.37. The topological polar surface area (TPSA) is 57.6 Å². The maximum absolute atomic E-state index is 15.4. The van der Waals surface area contributed by atoms with Crippen molar-refractivity contribution >= 4 is 17.7 Å². The highest BCUT2D eigenvalue weighted by molar-refractivity contribution is 6.21. The molecular weight excluding hydrogens is 280 g/mol. The van der Waals surface area contributed by atoms with Crippen LogP contribution < -0.4 is 4.90 Å². The van der Waals surface area contributed by atoms with Crippen molar-refractivity contribution in [1.29, 1.82) is 0 Å². The Morgan fingerprint density at radius 1 is 1.10 bits per heavy atom. The maximum atomic E-state index is 15.4. The van der Waals surface area contributed by atoms with Gasteiger partial charge >= 0.3 is 6.09 Å². The van der Waals surface area contributed by atoms with Crippen molar-refractivity contribution in [2.24, 2.45) is 0 Å². The van der Waals surface area contributed by atoms with Crippen LogP contribution in [0, 0.1) is 5.82 Å². The highest BCUT2D eigenvalue weighted by Crippen LogP contribution is 2.47. The van der Waals surface area contributed by atoms with E-state index in [1.165, 1.54) is 24.3 Å². The lowest BCUT2D eigenvalue weighted by molar-refractivity contribution is -0.126. The molecule has 2 aromatic rings. The summed E-state index contributed by atoms with van der Waals surface area (Å²) in [4.78, 5) is 23.9. The molecule has 1 N–H and O–H groups in total. The van der Waals surface area contributed by atoms with E-state index in [9.17, 15) is 14.0 Å². The van der Waals surface area contributed by atoms with Gasteiger partial charge in [-0.15, -0.1) is 0 Å². The minimum atomic E-state index is -2.64. The molecule has 0 bridgehead atoms. The zero-order chi connectivity index (χ0) is 15.2. The smallest absolute Gasteiger partial charge is 0.418 e. The van der Waals surface area contributed by atoms with Gasteiger partial charge in [0.15, 0.2) is 0 Å². The van der Waals surface area contributed by atoms with Crippen LogP contribution >= 0.6 is 0 Å². The second-order valence-corrected chi connectivity index (χ2v) is 4.61. The largest absolute Gasteiger partial charge is 0.464 e. The maximum Gasteiger partial charge on any atom is 0.418 e. The van der Waals surface area contributed by atoms with Crippen LogP contribution in [0.5, 0.6) is 0 Å². The van der Waals surface area contributed by atoms with E-state index in [1.54, 1.807) is 0 Å². The normalized spacial score (nSPS) is 20.5. The number of rotatable bonds is 1. The number of amides is 2. The van der Waals surface area contributed by atoms with Gasteiger partial charge in [0.25, 0.3) is 5.91 Å². The molecule has 0 saturated heterocycles. The Hall–Kier alpha value is -2.76. The predicted molar refractivity (Wildman–Crippen MR) is 70.2 cm³/mol. The van der Waals surface area contributed by atoms with Crippen LogP contribution in [0.4, 0.5) is 19.3 Å². The van der Waals surface area contributed by atoms with E-state index in [1.807, 2.05) is 0 Å². The Morgan fingerprint density at radius 2 is 1.71 bits per heavy atom. The van der Waals surface area contributed by atoms with E-state index in [0.29, 0.717) is 4.90 Å². The number of para-hydroxylation sites is 1. The number of alkyl halides is 1. The van der Waals surface area contributed by atoms with Crippen LogP contribution in [0.2, 0.25) is 0 Å². The minimum absolute atomic E-state index is 0.0261. The number of benzene rings is 2.